The Labute approximate surface area is 107 Å². The molecule has 0 fully saturated rings. The van der Waals surface area contributed by atoms with Crippen LogP contribution in [0.5, 0.6) is 0 Å². The summed E-state index contributed by atoms with van der Waals surface area (Å²) in [6.45, 7) is 8.61. The van der Waals surface area contributed by atoms with Crippen molar-refractivity contribution in [1.82, 2.24) is 10.1 Å². The average Bonchev–Trinajstić information content (AvgIpc) is 2.73. The summed E-state index contributed by atoms with van der Waals surface area (Å²) in [7, 11) is 0. The third kappa shape index (κ3) is 4.10. The Balaban J connectivity index is 2.68. The first-order valence-electron chi connectivity index (χ1n) is 6.18. The molecular weight excluding hydrogens is 236 g/mol. The summed E-state index contributed by atoms with van der Waals surface area (Å²) in [5.41, 5.74) is 0. The summed E-state index contributed by atoms with van der Waals surface area (Å²) in [5, 5.41) is 3.85. The van der Waals surface area contributed by atoms with Crippen LogP contribution in [0.1, 0.15) is 45.5 Å². The second-order valence-electron chi connectivity index (χ2n) is 4.15. The van der Waals surface area contributed by atoms with Crippen LogP contribution in [0.15, 0.2) is 4.52 Å². The quantitative estimate of drug-likeness (QED) is 0.694. The van der Waals surface area contributed by atoms with Crippen molar-refractivity contribution in [3.63, 3.8) is 0 Å². The molecular formula is C12H20N2O4. The minimum Gasteiger partial charge on any atom is -0.466 e. The Morgan fingerprint density at radius 1 is 1.33 bits per heavy atom. The summed E-state index contributed by atoms with van der Waals surface area (Å²) in [6, 6.07) is 0. The molecule has 1 aromatic heterocycles. The topological polar surface area (TPSA) is 74.5 Å². The molecule has 1 rings (SSSR count). The molecule has 1 aromatic rings. The van der Waals surface area contributed by atoms with Gasteiger partial charge in [-0.2, -0.15) is 4.98 Å². The smallest absolute Gasteiger partial charge is 0.315 e. The van der Waals surface area contributed by atoms with Crippen molar-refractivity contribution in [2.75, 3.05) is 13.2 Å². The lowest BCUT2D eigenvalue weighted by Gasteiger charge is -2.16. The van der Waals surface area contributed by atoms with Crippen molar-refractivity contribution >= 4 is 5.97 Å². The highest BCUT2D eigenvalue weighted by Gasteiger charge is 2.23. The molecule has 0 saturated carbocycles. The third-order valence-corrected chi connectivity index (χ3v) is 2.29. The van der Waals surface area contributed by atoms with Gasteiger partial charge in [-0.1, -0.05) is 19.0 Å². The fraction of sp³-hybridized carbons (Fsp3) is 0.750. The second kappa shape index (κ2) is 7.10. The summed E-state index contributed by atoms with van der Waals surface area (Å²) < 4.78 is 15.4. The van der Waals surface area contributed by atoms with Crippen molar-refractivity contribution in [2.24, 2.45) is 5.92 Å². The average molecular weight is 256 g/mol. The molecule has 0 aliphatic carbocycles. The minimum atomic E-state index is -0.370. The highest BCUT2D eigenvalue weighted by atomic mass is 16.5. The lowest BCUT2D eigenvalue weighted by atomic mass is 10.1. The van der Waals surface area contributed by atoms with Crippen molar-refractivity contribution in [2.45, 2.75) is 40.2 Å². The summed E-state index contributed by atoms with van der Waals surface area (Å²) in [6.07, 6.45) is -0.215. The predicted molar refractivity (Wildman–Crippen MR) is 63.8 cm³/mol. The van der Waals surface area contributed by atoms with Crippen LogP contribution in [-0.2, 0) is 20.7 Å². The van der Waals surface area contributed by atoms with Gasteiger partial charge in [-0.25, -0.2) is 0 Å². The Bertz CT molecular complexity index is 376. The van der Waals surface area contributed by atoms with Gasteiger partial charge >= 0.3 is 5.97 Å². The fourth-order valence-corrected chi connectivity index (χ4v) is 1.54. The molecule has 0 aliphatic rings. The van der Waals surface area contributed by atoms with E-state index in [4.69, 9.17) is 14.0 Å². The Hall–Kier alpha value is -1.43. The molecule has 18 heavy (non-hydrogen) atoms. The maximum Gasteiger partial charge on any atom is 0.315 e. The third-order valence-electron chi connectivity index (χ3n) is 2.29. The number of ether oxygens (including phenoxy) is 2. The van der Waals surface area contributed by atoms with E-state index in [1.807, 2.05) is 20.8 Å². The highest BCUT2D eigenvalue weighted by molar-refractivity contribution is 5.71. The number of hydrogen-bond acceptors (Lipinski definition) is 6. The van der Waals surface area contributed by atoms with E-state index < -0.39 is 0 Å². The van der Waals surface area contributed by atoms with Crippen LogP contribution < -0.4 is 0 Å². The Kier molecular flexibility index (Phi) is 5.77. The standard InChI is InChI=1S/C12H20N2O4/c1-5-16-10(15)7-9-13-12(14-18-9)11(8(3)4)17-6-2/h8,11H,5-7H2,1-4H3. The fourth-order valence-electron chi connectivity index (χ4n) is 1.54. The molecule has 0 amide bonds. The van der Waals surface area contributed by atoms with Gasteiger partial charge in [0.15, 0.2) is 0 Å². The molecule has 0 saturated heterocycles. The zero-order valence-corrected chi connectivity index (χ0v) is 11.3. The van der Waals surface area contributed by atoms with E-state index >= 15 is 0 Å². The molecule has 6 nitrogen and oxygen atoms in total. The van der Waals surface area contributed by atoms with Gasteiger partial charge < -0.3 is 14.0 Å². The van der Waals surface area contributed by atoms with Crippen LogP contribution in [0.3, 0.4) is 0 Å². The van der Waals surface area contributed by atoms with Crippen LogP contribution >= 0.6 is 0 Å². The van der Waals surface area contributed by atoms with Crippen LogP contribution in [0.2, 0.25) is 0 Å². The van der Waals surface area contributed by atoms with Crippen LogP contribution in [0.25, 0.3) is 0 Å². The number of carbonyl (C=O) groups excluding carboxylic acids is 1. The molecule has 0 radical (unpaired) electrons. The SMILES string of the molecule is CCOC(=O)Cc1nc(C(OCC)C(C)C)no1. The van der Waals surface area contributed by atoms with Gasteiger partial charge in [0.1, 0.15) is 12.5 Å². The first-order chi connectivity index (χ1) is 8.58. The monoisotopic (exact) mass is 256 g/mol. The molecule has 102 valence electrons. The molecule has 1 heterocycles. The van der Waals surface area contributed by atoms with Gasteiger partial charge in [0, 0.05) is 6.61 Å². The van der Waals surface area contributed by atoms with Gasteiger partial charge in [-0.05, 0) is 19.8 Å². The lowest BCUT2D eigenvalue weighted by molar-refractivity contribution is -0.142. The predicted octanol–water partition coefficient (Wildman–Crippen LogP) is 1.91. The molecule has 0 bridgehead atoms. The summed E-state index contributed by atoms with van der Waals surface area (Å²) >= 11 is 0. The molecule has 0 N–H and O–H groups in total. The number of hydrogen-bond donors (Lipinski definition) is 0. The minimum absolute atomic E-state index is 0.00220. The summed E-state index contributed by atoms with van der Waals surface area (Å²) in [5.74, 6) is 0.600. The van der Waals surface area contributed by atoms with E-state index in [1.54, 1.807) is 6.92 Å². The van der Waals surface area contributed by atoms with Gasteiger partial charge in [-0.3, -0.25) is 4.79 Å². The number of nitrogens with zero attached hydrogens (tertiary/aromatic N) is 2. The number of aromatic nitrogens is 2. The molecule has 1 unspecified atom stereocenters. The Morgan fingerprint density at radius 2 is 2.06 bits per heavy atom. The van der Waals surface area contributed by atoms with E-state index in [0.717, 1.165) is 0 Å². The van der Waals surface area contributed by atoms with E-state index in [0.29, 0.717) is 19.0 Å². The molecule has 0 aliphatic heterocycles. The van der Waals surface area contributed by atoms with Crippen molar-refractivity contribution in [3.8, 4) is 0 Å². The first-order valence-corrected chi connectivity index (χ1v) is 6.18. The maximum absolute atomic E-state index is 11.3. The summed E-state index contributed by atoms with van der Waals surface area (Å²) in [4.78, 5) is 15.4. The van der Waals surface area contributed by atoms with E-state index in [2.05, 4.69) is 10.1 Å². The van der Waals surface area contributed by atoms with Gasteiger partial charge in [0.05, 0.1) is 6.61 Å². The Morgan fingerprint density at radius 3 is 2.61 bits per heavy atom. The number of carbonyl (C=O) groups is 1. The largest absolute Gasteiger partial charge is 0.466 e. The van der Waals surface area contributed by atoms with E-state index in [-0.39, 0.29) is 30.3 Å². The van der Waals surface area contributed by atoms with Crippen LogP contribution in [-0.4, -0.2) is 29.3 Å². The van der Waals surface area contributed by atoms with Crippen molar-refractivity contribution in [1.29, 1.82) is 0 Å². The van der Waals surface area contributed by atoms with Gasteiger partial charge in [-0.15, -0.1) is 0 Å². The van der Waals surface area contributed by atoms with E-state index in [9.17, 15) is 4.79 Å². The zero-order valence-electron chi connectivity index (χ0n) is 11.3. The van der Waals surface area contributed by atoms with Crippen LogP contribution in [0, 0.1) is 5.92 Å². The molecule has 0 spiro atoms. The lowest BCUT2D eigenvalue weighted by Crippen LogP contribution is -2.13. The van der Waals surface area contributed by atoms with Gasteiger partial charge in [0.2, 0.25) is 11.7 Å². The first kappa shape index (κ1) is 14.6. The second-order valence-corrected chi connectivity index (χ2v) is 4.15. The highest BCUT2D eigenvalue weighted by Crippen LogP contribution is 2.23. The zero-order chi connectivity index (χ0) is 13.5. The normalized spacial score (nSPS) is 12.7. The van der Waals surface area contributed by atoms with Gasteiger partial charge in [0.25, 0.3) is 0 Å². The molecule has 6 heteroatoms. The van der Waals surface area contributed by atoms with Crippen molar-refractivity contribution in [3.05, 3.63) is 11.7 Å². The van der Waals surface area contributed by atoms with Crippen LogP contribution in [0.4, 0.5) is 0 Å². The maximum atomic E-state index is 11.3. The number of esters is 1. The van der Waals surface area contributed by atoms with E-state index in [1.165, 1.54) is 0 Å². The molecule has 0 aromatic carbocycles. The molecule has 1 atom stereocenters. The van der Waals surface area contributed by atoms with Crippen molar-refractivity contribution < 1.29 is 18.8 Å². The number of rotatable bonds is 7.